The summed E-state index contributed by atoms with van der Waals surface area (Å²) < 4.78 is 45.4. The fourth-order valence-electron chi connectivity index (χ4n) is 4.08. The van der Waals surface area contributed by atoms with E-state index in [1.54, 1.807) is 21.4 Å². The van der Waals surface area contributed by atoms with Crippen molar-refractivity contribution in [3.63, 3.8) is 0 Å². The Morgan fingerprint density at radius 1 is 1.16 bits per heavy atom. The second-order valence-corrected chi connectivity index (χ2v) is 11.5. The maximum absolute atomic E-state index is 13.5. The summed E-state index contributed by atoms with van der Waals surface area (Å²) in [5.74, 6) is 0. The third-order valence-corrected chi connectivity index (χ3v) is 9.39. The van der Waals surface area contributed by atoms with Crippen molar-refractivity contribution in [2.24, 2.45) is 0 Å². The Balaban J connectivity index is 0.00000320. The maximum atomic E-state index is 13.5. The van der Waals surface area contributed by atoms with Crippen LogP contribution in [0.25, 0.3) is 11.1 Å². The molecular formula is C25H20Cl2F3N3OS3. The number of alkyl halides is 3. The minimum absolute atomic E-state index is 0. The van der Waals surface area contributed by atoms with Crippen LogP contribution >= 0.6 is 46.0 Å². The number of thiazole rings is 2. The molecule has 4 aromatic rings. The number of anilines is 1. The first kappa shape index (κ1) is 27.8. The predicted molar refractivity (Wildman–Crippen MR) is 141 cm³/mol. The van der Waals surface area contributed by atoms with E-state index in [4.69, 9.17) is 11.6 Å². The Hall–Kier alpha value is -2.24. The van der Waals surface area contributed by atoms with Gasteiger partial charge in [-0.25, -0.2) is 0 Å². The number of fused-ring (bicyclic) bond motifs is 1. The van der Waals surface area contributed by atoms with Crippen molar-refractivity contribution in [1.29, 1.82) is 0 Å². The van der Waals surface area contributed by atoms with Crippen LogP contribution in [-0.4, -0.2) is 11.6 Å². The van der Waals surface area contributed by atoms with Crippen molar-refractivity contribution in [3.8, 4) is 0 Å². The molecule has 0 atom stereocenters. The van der Waals surface area contributed by atoms with E-state index in [1.165, 1.54) is 46.6 Å². The highest BCUT2D eigenvalue weighted by molar-refractivity contribution is 8.08. The van der Waals surface area contributed by atoms with Crippen molar-refractivity contribution in [3.05, 3.63) is 94.7 Å². The van der Waals surface area contributed by atoms with Gasteiger partial charge in [0.25, 0.3) is 10.6 Å². The van der Waals surface area contributed by atoms with E-state index in [0.29, 0.717) is 16.1 Å². The van der Waals surface area contributed by atoms with Gasteiger partial charge in [0.05, 0.1) is 22.7 Å². The van der Waals surface area contributed by atoms with Gasteiger partial charge < -0.3 is 17.3 Å². The molecule has 2 aromatic carbocycles. The molecule has 0 unspecified atom stereocenters. The molecule has 0 radical (unpaired) electrons. The van der Waals surface area contributed by atoms with E-state index in [9.17, 15) is 18.0 Å². The summed E-state index contributed by atoms with van der Waals surface area (Å²) in [6, 6.07) is 11.2. The summed E-state index contributed by atoms with van der Waals surface area (Å²) >= 11 is 10.5. The number of benzene rings is 2. The van der Waals surface area contributed by atoms with Crippen LogP contribution in [0.5, 0.6) is 0 Å². The minimum atomic E-state index is -4.42. The summed E-state index contributed by atoms with van der Waals surface area (Å²) in [6.45, 7) is 2.46. The van der Waals surface area contributed by atoms with Gasteiger partial charge in [-0.2, -0.15) is 17.7 Å². The molecule has 1 aliphatic heterocycles. The van der Waals surface area contributed by atoms with Crippen LogP contribution in [0.4, 0.5) is 18.9 Å². The first-order chi connectivity index (χ1) is 17.2. The highest BCUT2D eigenvalue weighted by atomic mass is 35.5. The van der Waals surface area contributed by atoms with Gasteiger partial charge in [-0.05, 0) is 31.2 Å². The van der Waals surface area contributed by atoms with Crippen LogP contribution in [0, 0.1) is 0 Å². The first-order valence-corrected chi connectivity index (χ1v) is 13.8. The molecule has 0 amide bonds. The maximum Gasteiger partial charge on any atom is 0.416 e. The number of hydrogen-bond acceptors (Lipinski definition) is 5. The number of thioether (sulfide) groups is 1. The lowest BCUT2D eigenvalue weighted by atomic mass is 10.1. The second-order valence-electron chi connectivity index (χ2n) is 8.07. The Morgan fingerprint density at radius 3 is 2.65 bits per heavy atom. The summed E-state index contributed by atoms with van der Waals surface area (Å²) in [7, 11) is 1.92. The van der Waals surface area contributed by atoms with Crippen LogP contribution in [0.15, 0.2) is 63.7 Å². The van der Waals surface area contributed by atoms with E-state index in [1.807, 2.05) is 48.5 Å². The zero-order valence-corrected chi connectivity index (χ0v) is 23.5. The fourth-order valence-corrected chi connectivity index (χ4v) is 7.67. The molecule has 3 heterocycles. The molecule has 37 heavy (non-hydrogen) atoms. The molecule has 4 nitrogen and oxygen atoms in total. The summed E-state index contributed by atoms with van der Waals surface area (Å²) in [4.78, 5) is 16.3. The lowest BCUT2D eigenvalue weighted by Gasteiger charge is -2.12. The van der Waals surface area contributed by atoms with E-state index < -0.39 is 11.7 Å². The molecule has 2 aromatic heterocycles. The van der Waals surface area contributed by atoms with Gasteiger partial charge in [0, 0.05) is 29.1 Å². The zero-order valence-electron chi connectivity index (χ0n) is 19.6. The van der Waals surface area contributed by atoms with Crippen molar-refractivity contribution in [1.82, 2.24) is 4.57 Å². The smallest absolute Gasteiger partial charge is 0.416 e. The van der Waals surface area contributed by atoms with E-state index in [2.05, 4.69) is 0 Å². The van der Waals surface area contributed by atoms with Gasteiger partial charge >= 0.3 is 6.18 Å². The molecule has 0 fully saturated rings. The molecule has 0 aliphatic carbocycles. The lowest BCUT2D eigenvalue weighted by Crippen LogP contribution is -3.00. The van der Waals surface area contributed by atoms with Crippen LogP contribution in [0.1, 0.15) is 23.1 Å². The molecule has 0 N–H and O–H groups in total. The van der Waals surface area contributed by atoms with Crippen molar-refractivity contribution in [2.45, 2.75) is 31.1 Å². The Morgan fingerprint density at radius 2 is 1.92 bits per heavy atom. The highest BCUT2D eigenvalue weighted by Gasteiger charge is 2.34. The molecule has 0 bridgehead atoms. The minimum Gasteiger partial charge on any atom is -1.00 e. The molecule has 0 saturated heterocycles. The number of nitrogens with zero attached hydrogens (tertiary/aromatic N) is 3. The summed E-state index contributed by atoms with van der Waals surface area (Å²) in [6.07, 6.45) is -0.779. The highest BCUT2D eigenvalue weighted by Crippen LogP contribution is 2.46. The quantitative estimate of drug-likeness (QED) is 0.336. The van der Waals surface area contributed by atoms with Gasteiger partial charge in [-0.3, -0.25) is 9.36 Å². The number of aromatic nitrogens is 2. The van der Waals surface area contributed by atoms with Gasteiger partial charge in [-0.1, -0.05) is 52.9 Å². The predicted octanol–water partition coefficient (Wildman–Crippen LogP) is 2.14. The second kappa shape index (κ2) is 10.9. The molecule has 12 heteroatoms. The van der Waals surface area contributed by atoms with Gasteiger partial charge in [0.2, 0.25) is 0 Å². The van der Waals surface area contributed by atoms with Crippen molar-refractivity contribution in [2.75, 3.05) is 11.9 Å². The fraction of sp³-hybridized carbons (Fsp3) is 0.200. The lowest BCUT2D eigenvalue weighted by molar-refractivity contribution is -0.685. The van der Waals surface area contributed by atoms with Crippen LogP contribution in [-0.2, 0) is 19.3 Å². The Bertz CT molecular complexity index is 1640. The van der Waals surface area contributed by atoms with Gasteiger partial charge in [0.1, 0.15) is 14.2 Å². The molecule has 0 spiro atoms. The first-order valence-electron chi connectivity index (χ1n) is 11.0. The van der Waals surface area contributed by atoms with E-state index in [0.717, 1.165) is 31.3 Å². The van der Waals surface area contributed by atoms with Crippen LogP contribution < -0.4 is 36.6 Å². The normalized spacial score (nSPS) is 15.2. The third-order valence-electron chi connectivity index (χ3n) is 5.84. The third kappa shape index (κ3) is 5.35. The topological polar surface area (TPSA) is 29.1 Å². The van der Waals surface area contributed by atoms with Crippen molar-refractivity contribution < 1.29 is 30.1 Å². The molecule has 0 saturated carbocycles. The Kier molecular flexibility index (Phi) is 8.16. The molecular weight excluding hydrogens is 582 g/mol. The van der Waals surface area contributed by atoms with Crippen LogP contribution in [0.2, 0.25) is 5.02 Å². The molecule has 1 aliphatic rings. The van der Waals surface area contributed by atoms with Gasteiger partial charge in [0.15, 0.2) is 12.7 Å². The average Bonchev–Trinajstić information content (AvgIpc) is 3.49. The number of hydrogen-bond donors (Lipinski definition) is 0. The zero-order chi connectivity index (χ0) is 25.6. The number of rotatable bonds is 4. The van der Waals surface area contributed by atoms with Crippen LogP contribution in [0.3, 0.4) is 0 Å². The average molecular weight is 603 g/mol. The summed E-state index contributed by atoms with van der Waals surface area (Å²) in [5, 5.41) is 4.06. The number of halogens is 5. The SMILES string of the molecule is CCn1c(=O)/c(=C2\Sc3cc(Cl)ccc3N2C)s/c1=C\c1scc[n+]1Cc1ccccc1C(F)(F)F.[Cl-]. The molecule has 5 rings (SSSR count). The molecule has 194 valence electrons. The summed E-state index contributed by atoms with van der Waals surface area (Å²) in [5.41, 5.74) is 0.447. The van der Waals surface area contributed by atoms with E-state index in [-0.39, 0.29) is 30.1 Å². The van der Waals surface area contributed by atoms with Crippen molar-refractivity contribution >= 4 is 62.8 Å². The Labute approximate surface area is 234 Å². The largest absolute Gasteiger partial charge is 1.00 e. The standard InChI is InChI=1S/C25H20ClF3N3OS3.ClH/c1-3-32-21(36-22(23(32)33)24-30(2)18-9-8-16(26)12-19(18)35-24)13-20-31(10-11-34-20)14-15-6-4-5-7-17(15)25(27,28)29;/h4-13H,3,14H2,1-2H3;1H/q+1;/p-1/b24-22+;. The monoisotopic (exact) mass is 601 g/mol. The van der Waals surface area contributed by atoms with E-state index >= 15 is 0 Å². The van der Waals surface area contributed by atoms with Gasteiger partial charge in [-0.15, -0.1) is 11.3 Å².